The zero-order chi connectivity index (χ0) is 18.8. The van der Waals surface area contributed by atoms with Gasteiger partial charge in [-0.25, -0.2) is 4.79 Å². The van der Waals surface area contributed by atoms with Gasteiger partial charge in [0, 0.05) is 19.0 Å². The van der Waals surface area contributed by atoms with Crippen molar-refractivity contribution in [3.63, 3.8) is 0 Å². The van der Waals surface area contributed by atoms with Crippen LogP contribution in [-0.2, 0) is 14.3 Å². The predicted molar refractivity (Wildman–Crippen MR) is 97.1 cm³/mol. The van der Waals surface area contributed by atoms with E-state index in [1.807, 2.05) is 26.8 Å². The number of esters is 1. The van der Waals surface area contributed by atoms with Gasteiger partial charge in [-0.05, 0) is 44.9 Å². The lowest BCUT2D eigenvalue weighted by molar-refractivity contribution is -0.147. The summed E-state index contributed by atoms with van der Waals surface area (Å²) in [4.78, 5) is 26.2. The molecular formula is C18H23Cl2NO4. The summed E-state index contributed by atoms with van der Waals surface area (Å²) in [6, 6.07) is 5.26. The third-order valence-corrected chi connectivity index (χ3v) is 4.88. The molecule has 0 bridgehead atoms. The van der Waals surface area contributed by atoms with E-state index in [2.05, 4.69) is 0 Å². The summed E-state index contributed by atoms with van der Waals surface area (Å²) in [5, 5.41) is 0.858. The molecule has 0 aliphatic carbocycles. The molecule has 25 heavy (non-hydrogen) atoms. The average Bonchev–Trinajstić information content (AvgIpc) is 2.54. The molecule has 2 unspecified atom stereocenters. The van der Waals surface area contributed by atoms with Gasteiger partial charge in [-0.15, -0.1) is 0 Å². The average molecular weight is 388 g/mol. The molecule has 1 amide bonds. The summed E-state index contributed by atoms with van der Waals surface area (Å²) < 4.78 is 10.4. The molecule has 5 nitrogen and oxygen atoms in total. The van der Waals surface area contributed by atoms with Crippen LogP contribution >= 0.6 is 23.2 Å². The van der Waals surface area contributed by atoms with Crippen LogP contribution in [0.25, 0.3) is 0 Å². The van der Waals surface area contributed by atoms with Gasteiger partial charge in [0.2, 0.25) is 0 Å². The summed E-state index contributed by atoms with van der Waals surface area (Å²) in [5.74, 6) is -0.871. The van der Waals surface area contributed by atoms with E-state index in [0.29, 0.717) is 29.6 Å². The van der Waals surface area contributed by atoms with E-state index >= 15 is 0 Å². The zero-order valence-corrected chi connectivity index (χ0v) is 16.4. The molecule has 2 rings (SSSR count). The molecule has 1 aliphatic heterocycles. The maximum atomic E-state index is 12.4. The highest BCUT2D eigenvalue weighted by Crippen LogP contribution is 2.36. The molecule has 0 saturated carbocycles. The number of hydrogen-bond donors (Lipinski definition) is 0. The van der Waals surface area contributed by atoms with Crippen molar-refractivity contribution in [1.82, 2.24) is 4.90 Å². The highest BCUT2D eigenvalue weighted by molar-refractivity contribution is 6.42. The predicted octanol–water partition coefficient (Wildman–Crippen LogP) is 4.51. The number of methoxy groups -OCH3 is 1. The van der Waals surface area contributed by atoms with Crippen molar-refractivity contribution in [1.29, 1.82) is 0 Å². The van der Waals surface area contributed by atoms with Crippen LogP contribution in [0.15, 0.2) is 18.2 Å². The first-order valence-corrected chi connectivity index (χ1v) is 8.88. The van der Waals surface area contributed by atoms with Crippen LogP contribution in [0.2, 0.25) is 10.0 Å². The van der Waals surface area contributed by atoms with Gasteiger partial charge in [-0.1, -0.05) is 29.3 Å². The molecule has 138 valence electrons. The number of carbonyl (C=O) groups excluding carboxylic acids is 2. The molecule has 2 atom stereocenters. The minimum atomic E-state index is -0.574. The summed E-state index contributed by atoms with van der Waals surface area (Å²) in [7, 11) is 1.37. The van der Waals surface area contributed by atoms with Gasteiger partial charge in [0.1, 0.15) is 5.60 Å². The highest BCUT2D eigenvalue weighted by atomic mass is 35.5. The van der Waals surface area contributed by atoms with Crippen molar-refractivity contribution in [2.75, 3.05) is 20.2 Å². The van der Waals surface area contributed by atoms with Gasteiger partial charge in [-0.3, -0.25) is 4.79 Å². The van der Waals surface area contributed by atoms with E-state index < -0.39 is 5.60 Å². The van der Waals surface area contributed by atoms with E-state index in [4.69, 9.17) is 32.7 Å². The second-order valence-corrected chi connectivity index (χ2v) is 7.94. The third-order valence-electron chi connectivity index (χ3n) is 4.14. The van der Waals surface area contributed by atoms with Crippen molar-refractivity contribution in [3.8, 4) is 0 Å². The highest BCUT2D eigenvalue weighted by Gasteiger charge is 2.38. The molecule has 1 heterocycles. The number of amides is 1. The summed E-state index contributed by atoms with van der Waals surface area (Å²) in [5.41, 5.74) is 0.271. The van der Waals surface area contributed by atoms with E-state index in [-0.39, 0.29) is 23.9 Å². The number of likely N-dealkylation sites (tertiary alicyclic amines) is 1. The first-order chi connectivity index (χ1) is 11.6. The fourth-order valence-corrected chi connectivity index (χ4v) is 3.27. The maximum Gasteiger partial charge on any atom is 0.410 e. The summed E-state index contributed by atoms with van der Waals surface area (Å²) in [6.45, 7) is 6.26. The topological polar surface area (TPSA) is 55.8 Å². The molecule has 1 fully saturated rings. The lowest BCUT2D eigenvalue weighted by Gasteiger charge is -2.38. The second kappa shape index (κ2) is 7.83. The Hall–Kier alpha value is -1.46. The number of carbonyl (C=O) groups is 2. The van der Waals surface area contributed by atoms with Crippen molar-refractivity contribution < 1.29 is 19.1 Å². The van der Waals surface area contributed by atoms with E-state index in [1.165, 1.54) is 7.11 Å². The first kappa shape index (κ1) is 19.9. The lowest BCUT2D eigenvalue weighted by atomic mass is 9.81. The number of halogens is 2. The third kappa shape index (κ3) is 5.02. The Kier molecular flexibility index (Phi) is 6.22. The molecule has 7 heteroatoms. The number of ether oxygens (including phenoxy) is 2. The normalized spacial score (nSPS) is 21.0. The van der Waals surface area contributed by atoms with E-state index in [9.17, 15) is 9.59 Å². The van der Waals surface area contributed by atoms with Gasteiger partial charge in [0.15, 0.2) is 0 Å². The number of hydrogen-bond acceptors (Lipinski definition) is 4. The molecule has 0 N–H and O–H groups in total. The molecule has 0 radical (unpaired) electrons. The minimum absolute atomic E-state index is 0.233. The smallest absolute Gasteiger partial charge is 0.410 e. The summed E-state index contributed by atoms with van der Waals surface area (Å²) in [6.07, 6.45) is 0.109. The molecule has 1 aliphatic rings. The van der Waals surface area contributed by atoms with Crippen LogP contribution < -0.4 is 0 Å². The Morgan fingerprint density at radius 1 is 1.20 bits per heavy atom. The zero-order valence-electron chi connectivity index (χ0n) is 14.8. The van der Waals surface area contributed by atoms with Crippen molar-refractivity contribution in [3.05, 3.63) is 33.8 Å². The maximum absolute atomic E-state index is 12.4. The van der Waals surface area contributed by atoms with Gasteiger partial charge in [0.25, 0.3) is 0 Å². The van der Waals surface area contributed by atoms with Crippen LogP contribution in [0.4, 0.5) is 4.79 Å². The van der Waals surface area contributed by atoms with Crippen LogP contribution in [0, 0.1) is 5.92 Å². The number of piperidine rings is 1. The van der Waals surface area contributed by atoms with Gasteiger partial charge >= 0.3 is 12.1 Å². The van der Waals surface area contributed by atoms with E-state index in [1.54, 1.807) is 17.0 Å². The number of benzene rings is 1. The first-order valence-electron chi connectivity index (χ1n) is 8.13. The largest absolute Gasteiger partial charge is 0.469 e. The molecule has 0 aromatic heterocycles. The van der Waals surface area contributed by atoms with Crippen LogP contribution in [-0.4, -0.2) is 42.8 Å². The lowest BCUT2D eigenvalue weighted by Crippen LogP contribution is -2.46. The second-order valence-electron chi connectivity index (χ2n) is 7.12. The van der Waals surface area contributed by atoms with Crippen molar-refractivity contribution >= 4 is 35.3 Å². The fourth-order valence-electron chi connectivity index (χ4n) is 2.96. The van der Waals surface area contributed by atoms with Crippen LogP contribution in [0.1, 0.15) is 38.7 Å². The Morgan fingerprint density at radius 3 is 2.44 bits per heavy atom. The summed E-state index contributed by atoms with van der Waals surface area (Å²) >= 11 is 12.1. The van der Waals surface area contributed by atoms with Crippen LogP contribution in [0.5, 0.6) is 0 Å². The van der Waals surface area contributed by atoms with Crippen molar-refractivity contribution in [2.45, 2.75) is 38.7 Å². The molecule has 1 aromatic rings. The minimum Gasteiger partial charge on any atom is -0.469 e. The van der Waals surface area contributed by atoms with Crippen LogP contribution in [0.3, 0.4) is 0 Å². The Morgan fingerprint density at radius 2 is 1.88 bits per heavy atom. The Labute approximate surface area is 158 Å². The molecule has 0 spiro atoms. The quantitative estimate of drug-likeness (QED) is 0.700. The molecular weight excluding hydrogens is 365 g/mol. The van der Waals surface area contributed by atoms with Gasteiger partial charge in [0.05, 0.1) is 23.1 Å². The monoisotopic (exact) mass is 387 g/mol. The molecule has 1 saturated heterocycles. The number of nitrogens with zero attached hydrogens (tertiary/aromatic N) is 1. The van der Waals surface area contributed by atoms with E-state index in [0.717, 1.165) is 5.56 Å². The van der Waals surface area contributed by atoms with Crippen molar-refractivity contribution in [2.24, 2.45) is 5.92 Å². The molecule has 1 aromatic carbocycles. The van der Waals surface area contributed by atoms with Gasteiger partial charge < -0.3 is 14.4 Å². The van der Waals surface area contributed by atoms with Gasteiger partial charge in [-0.2, -0.15) is 0 Å². The Bertz CT molecular complexity index is 657. The standard InChI is InChI=1S/C18H23Cl2NO4/c1-18(2,3)25-17(23)21-8-7-12(16(22)24-4)13(10-21)11-5-6-14(19)15(20)9-11/h5-6,9,12-13H,7-8,10H2,1-4H3. The fraction of sp³-hybridized carbons (Fsp3) is 0.556. The SMILES string of the molecule is COC(=O)C1CCN(C(=O)OC(C)(C)C)CC1c1ccc(Cl)c(Cl)c1. The number of rotatable bonds is 2. The Balaban J connectivity index is 2.27.